The molecular formula is C22H18N4O6S. The van der Waals surface area contributed by atoms with Crippen LogP contribution in [-0.2, 0) is 14.8 Å². The van der Waals surface area contributed by atoms with Crippen LogP contribution < -0.4 is 4.72 Å². The molecule has 0 aliphatic carbocycles. The van der Waals surface area contributed by atoms with Crippen molar-refractivity contribution in [2.24, 2.45) is 0 Å². The molecule has 33 heavy (non-hydrogen) atoms. The van der Waals surface area contributed by atoms with E-state index in [1.54, 1.807) is 16.7 Å². The largest absolute Gasteiger partial charge is 0.481 e. The maximum absolute atomic E-state index is 12.7. The first-order chi connectivity index (χ1) is 15.7. The smallest absolute Gasteiger partial charge is 0.305 e. The SMILES string of the molecule is O=C(O)CC(c1ccccc1)n1cnc2cc(NS(=O)(=O)c3ccc([N+](=O)[O-])cc3)ccc21. The van der Waals surface area contributed by atoms with Gasteiger partial charge in [-0.1, -0.05) is 30.3 Å². The van der Waals surface area contributed by atoms with Crippen molar-refractivity contribution in [1.82, 2.24) is 9.55 Å². The monoisotopic (exact) mass is 466 g/mol. The van der Waals surface area contributed by atoms with Crippen molar-refractivity contribution in [2.75, 3.05) is 4.72 Å². The average molecular weight is 466 g/mol. The van der Waals surface area contributed by atoms with Crippen LogP contribution in [0.2, 0.25) is 0 Å². The highest BCUT2D eigenvalue weighted by Crippen LogP contribution is 2.28. The molecule has 2 N–H and O–H groups in total. The topological polar surface area (TPSA) is 144 Å². The number of carboxylic acids is 1. The van der Waals surface area contributed by atoms with Crippen molar-refractivity contribution in [3.63, 3.8) is 0 Å². The Labute approximate surface area is 188 Å². The van der Waals surface area contributed by atoms with Crippen molar-refractivity contribution in [1.29, 1.82) is 0 Å². The average Bonchev–Trinajstić information content (AvgIpc) is 3.20. The van der Waals surface area contributed by atoms with Gasteiger partial charge in [-0.2, -0.15) is 0 Å². The molecule has 3 aromatic carbocycles. The summed E-state index contributed by atoms with van der Waals surface area (Å²) in [6.07, 6.45) is 1.38. The van der Waals surface area contributed by atoms with E-state index in [1.165, 1.54) is 12.4 Å². The minimum atomic E-state index is -3.98. The molecule has 0 amide bonds. The fourth-order valence-electron chi connectivity index (χ4n) is 3.52. The van der Waals surface area contributed by atoms with Gasteiger partial charge in [0.15, 0.2) is 0 Å². The second-order valence-electron chi connectivity index (χ2n) is 7.24. The van der Waals surface area contributed by atoms with Crippen LogP contribution in [-0.4, -0.2) is 34.0 Å². The first-order valence-corrected chi connectivity index (χ1v) is 11.2. The molecule has 0 spiro atoms. The fourth-order valence-corrected chi connectivity index (χ4v) is 4.57. The third-order valence-electron chi connectivity index (χ3n) is 5.07. The van der Waals surface area contributed by atoms with E-state index in [-0.39, 0.29) is 22.7 Å². The number of nitro groups is 1. The van der Waals surface area contributed by atoms with E-state index in [4.69, 9.17) is 0 Å². The van der Waals surface area contributed by atoms with Gasteiger partial charge in [-0.25, -0.2) is 13.4 Å². The summed E-state index contributed by atoms with van der Waals surface area (Å²) >= 11 is 0. The molecule has 0 aliphatic rings. The number of carboxylic acid groups (broad SMARTS) is 1. The van der Waals surface area contributed by atoms with Crippen LogP contribution in [0.5, 0.6) is 0 Å². The molecule has 10 nitrogen and oxygen atoms in total. The van der Waals surface area contributed by atoms with Crippen molar-refractivity contribution in [3.05, 3.63) is 94.8 Å². The molecule has 0 aliphatic heterocycles. The number of benzene rings is 3. The van der Waals surface area contributed by atoms with E-state index >= 15 is 0 Å². The van der Waals surface area contributed by atoms with Crippen LogP contribution in [0.15, 0.2) is 84.0 Å². The third kappa shape index (κ3) is 4.67. The van der Waals surface area contributed by atoms with Gasteiger partial charge in [-0.15, -0.1) is 0 Å². The maximum Gasteiger partial charge on any atom is 0.305 e. The summed E-state index contributed by atoms with van der Waals surface area (Å²) in [7, 11) is -3.98. The molecule has 1 unspecified atom stereocenters. The Bertz CT molecular complexity index is 1430. The molecule has 11 heteroatoms. The van der Waals surface area contributed by atoms with Gasteiger partial charge in [0, 0.05) is 12.1 Å². The Hall–Kier alpha value is -4.25. The first-order valence-electron chi connectivity index (χ1n) is 9.75. The quantitative estimate of drug-likeness (QED) is 0.297. The zero-order chi connectivity index (χ0) is 23.6. The third-order valence-corrected chi connectivity index (χ3v) is 6.47. The summed E-state index contributed by atoms with van der Waals surface area (Å²) in [5.41, 5.74) is 1.96. The second-order valence-corrected chi connectivity index (χ2v) is 8.92. The number of carbonyl (C=O) groups is 1. The van der Waals surface area contributed by atoms with Crippen LogP contribution in [0, 0.1) is 10.1 Å². The van der Waals surface area contributed by atoms with Crippen molar-refractivity contribution < 1.29 is 23.2 Å². The van der Waals surface area contributed by atoms with Gasteiger partial charge in [-0.05, 0) is 35.9 Å². The molecule has 1 atom stereocenters. The van der Waals surface area contributed by atoms with Gasteiger partial charge in [-0.3, -0.25) is 19.6 Å². The van der Waals surface area contributed by atoms with E-state index in [0.29, 0.717) is 11.0 Å². The van der Waals surface area contributed by atoms with Crippen LogP contribution >= 0.6 is 0 Å². The Morgan fingerprint density at radius 3 is 2.42 bits per heavy atom. The first kappa shape index (κ1) is 22.0. The number of hydrogen-bond donors (Lipinski definition) is 2. The number of fused-ring (bicyclic) bond motifs is 1. The van der Waals surface area contributed by atoms with Crippen LogP contribution in [0.1, 0.15) is 18.0 Å². The number of non-ortho nitro benzene ring substituents is 1. The molecule has 0 bridgehead atoms. The normalized spacial score (nSPS) is 12.4. The van der Waals surface area contributed by atoms with E-state index in [1.807, 2.05) is 30.3 Å². The molecule has 168 valence electrons. The number of rotatable bonds is 8. The lowest BCUT2D eigenvalue weighted by Crippen LogP contribution is -2.14. The van der Waals surface area contributed by atoms with Crippen LogP contribution in [0.25, 0.3) is 11.0 Å². The number of hydrogen-bond acceptors (Lipinski definition) is 6. The predicted octanol–water partition coefficient (Wildman–Crippen LogP) is 3.81. The fraction of sp³-hybridized carbons (Fsp3) is 0.0909. The van der Waals surface area contributed by atoms with Gasteiger partial charge >= 0.3 is 5.97 Å². The minimum absolute atomic E-state index is 0.121. The van der Waals surface area contributed by atoms with E-state index in [0.717, 1.165) is 29.8 Å². The maximum atomic E-state index is 12.7. The number of aromatic nitrogens is 2. The lowest BCUT2D eigenvalue weighted by molar-refractivity contribution is -0.384. The molecule has 1 heterocycles. The number of imidazole rings is 1. The van der Waals surface area contributed by atoms with Crippen LogP contribution in [0.4, 0.5) is 11.4 Å². The van der Waals surface area contributed by atoms with Crippen molar-refractivity contribution >= 4 is 38.4 Å². The molecule has 0 radical (unpaired) electrons. The molecule has 4 rings (SSSR count). The summed E-state index contributed by atoms with van der Waals surface area (Å²) in [4.78, 5) is 25.8. The highest BCUT2D eigenvalue weighted by molar-refractivity contribution is 7.92. The molecule has 1 aromatic heterocycles. The number of aliphatic carboxylic acids is 1. The van der Waals surface area contributed by atoms with Gasteiger partial charge in [0.2, 0.25) is 0 Å². The number of sulfonamides is 1. The lowest BCUT2D eigenvalue weighted by Gasteiger charge is -2.18. The van der Waals surface area contributed by atoms with Gasteiger partial charge < -0.3 is 9.67 Å². The standard InChI is InChI=1S/C22H18N4O6S/c27-22(28)13-21(15-4-2-1-3-5-15)25-14-23-19-12-16(6-11-20(19)25)24-33(31,32)18-9-7-17(8-10-18)26(29)30/h1-12,14,21,24H,13H2,(H,27,28). The Kier molecular flexibility index (Phi) is 5.80. The van der Waals surface area contributed by atoms with Gasteiger partial charge in [0.05, 0.1) is 45.3 Å². The highest BCUT2D eigenvalue weighted by Gasteiger charge is 2.21. The summed E-state index contributed by atoms with van der Waals surface area (Å²) in [6.45, 7) is 0. The highest BCUT2D eigenvalue weighted by atomic mass is 32.2. The number of nitrogens with one attached hydrogen (secondary N) is 1. The Morgan fingerprint density at radius 2 is 1.79 bits per heavy atom. The predicted molar refractivity (Wildman–Crippen MR) is 120 cm³/mol. The van der Waals surface area contributed by atoms with Crippen molar-refractivity contribution in [2.45, 2.75) is 17.4 Å². The molecule has 4 aromatic rings. The van der Waals surface area contributed by atoms with E-state index < -0.39 is 27.0 Å². The van der Waals surface area contributed by atoms with Crippen LogP contribution in [0.3, 0.4) is 0 Å². The second kappa shape index (κ2) is 8.71. The number of nitrogens with zero attached hydrogens (tertiary/aromatic N) is 3. The summed E-state index contributed by atoms with van der Waals surface area (Å²) in [6, 6.07) is 18.0. The summed E-state index contributed by atoms with van der Waals surface area (Å²) in [5, 5.41) is 20.2. The number of anilines is 1. The zero-order valence-electron chi connectivity index (χ0n) is 17.0. The molecular weight excluding hydrogens is 448 g/mol. The molecule has 0 fully saturated rings. The zero-order valence-corrected chi connectivity index (χ0v) is 17.8. The van der Waals surface area contributed by atoms with E-state index in [9.17, 15) is 28.4 Å². The Balaban J connectivity index is 1.64. The van der Waals surface area contributed by atoms with Gasteiger partial charge in [0.1, 0.15) is 0 Å². The number of nitro benzene ring substituents is 1. The van der Waals surface area contributed by atoms with Crippen molar-refractivity contribution in [3.8, 4) is 0 Å². The van der Waals surface area contributed by atoms with E-state index in [2.05, 4.69) is 9.71 Å². The summed E-state index contributed by atoms with van der Waals surface area (Å²) in [5.74, 6) is -0.960. The van der Waals surface area contributed by atoms with Gasteiger partial charge in [0.25, 0.3) is 15.7 Å². The molecule has 0 saturated heterocycles. The molecule has 0 saturated carbocycles. The lowest BCUT2D eigenvalue weighted by atomic mass is 10.0. The Morgan fingerprint density at radius 1 is 1.09 bits per heavy atom. The summed E-state index contributed by atoms with van der Waals surface area (Å²) < 4.78 is 29.5. The minimum Gasteiger partial charge on any atom is -0.481 e.